The lowest BCUT2D eigenvalue weighted by atomic mass is 10.4. The van der Waals surface area contributed by atoms with Crippen LogP contribution in [-0.4, -0.2) is 29.5 Å². The van der Waals surface area contributed by atoms with Gasteiger partial charge in [-0.1, -0.05) is 0 Å². The van der Waals surface area contributed by atoms with Crippen LogP contribution in [0.1, 0.15) is 19.7 Å². The number of anilines is 2. The summed E-state index contributed by atoms with van der Waals surface area (Å²) in [6, 6.07) is 0. The average molecular weight is 224 g/mol. The molecule has 1 amide bonds. The standard InChI is InChI=1S/C10H16N4O2/c1-4-14(5-2)9-8(11-6-15)10(16)13-7(3)12-9/h6H,4-5H2,1-3H3,(H,11,15)(H,12,13,16). The van der Waals surface area contributed by atoms with E-state index in [-0.39, 0.29) is 11.2 Å². The zero-order valence-electron chi connectivity index (χ0n) is 9.70. The largest absolute Gasteiger partial charge is 0.355 e. The van der Waals surface area contributed by atoms with E-state index in [2.05, 4.69) is 15.3 Å². The van der Waals surface area contributed by atoms with Gasteiger partial charge in [0.2, 0.25) is 6.41 Å². The fraction of sp³-hybridized carbons (Fsp3) is 0.500. The maximum atomic E-state index is 11.6. The van der Waals surface area contributed by atoms with Crippen LogP contribution < -0.4 is 15.8 Å². The molecule has 6 heteroatoms. The topological polar surface area (TPSA) is 78.1 Å². The van der Waals surface area contributed by atoms with Crippen molar-refractivity contribution in [2.75, 3.05) is 23.3 Å². The van der Waals surface area contributed by atoms with Gasteiger partial charge in [-0.2, -0.15) is 0 Å². The van der Waals surface area contributed by atoms with E-state index in [4.69, 9.17) is 0 Å². The zero-order valence-corrected chi connectivity index (χ0v) is 9.70. The molecule has 0 aromatic carbocycles. The maximum Gasteiger partial charge on any atom is 0.276 e. The van der Waals surface area contributed by atoms with Gasteiger partial charge in [-0.05, 0) is 20.8 Å². The van der Waals surface area contributed by atoms with E-state index in [9.17, 15) is 9.59 Å². The molecule has 0 fully saturated rings. The van der Waals surface area contributed by atoms with Crippen molar-refractivity contribution < 1.29 is 4.79 Å². The molecule has 1 aromatic heterocycles. The Hall–Kier alpha value is -1.85. The number of aromatic amines is 1. The number of aromatic nitrogens is 2. The summed E-state index contributed by atoms with van der Waals surface area (Å²) in [6.45, 7) is 7.08. The number of carbonyl (C=O) groups excluding carboxylic acids is 1. The second kappa shape index (κ2) is 5.29. The van der Waals surface area contributed by atoms with Crippen molar-refractivity contribution in [3.05, 3.63) is 16.2 Å². The monoisotopic (exact) mass is 224 g/mol. The molecule has 2 N–H and O–H groups in total. The molecule has 88 valence electrons. The smallest absolute Gasteiger partial charge is 0.276 e. The third-order valence-electron chi connectivity index (χ3n) is 2.28. The van der Waals surface area contributed by atoms with Crippen LogP contribution in [0, 0.1) is 6.92 Å². The Kier molecular flexibility index (Phi) is 4.04. The van der Waals surface area contributed by atoms with Crippen LogP contribution in [0.5, 0.6) is 0 Å². The van der Waals surface area contributed by atoms with E-state index >= 15 is 0 Å². The van der Waals surface area contributed by atoms with Gasteiger partial charge in [0.15, 0.2) is 5.82 Å². The Labute approximate surface area is 93.7 Å². The second-order valence-electron chi connectivity index (χ2n) is 3.28. The fourth-order valence-electron chi connectivity index (χ4n) is 1.51. The van der Waals surface area contributed by atoms with Gasteiger partial charge in [-0.25, -0.2) is 4.98 Å². The Balaban J connectivity index is 3.33. The molecule has 0 aliphatic rings. The number of H-pyrrole nitrogens is 1. The highest BCUT2D eigenvalue weighted by molar-refractivity contribution is 5.78. The number of carbonyl (C=O) groups is 1. The molecule has 0 unspecified atom stereocenters. The number of hydrogen-bond donors (Lipinski definition) is 2. The highest BCUT2D eigenvalue weighted by Crippen LogP contribution is 2.18. The minimum Gasteiger partial charge on any atom is -0.355 e. The Morgan fingerprint density at radius 1 is 1.44 bits per heavy atom. The summed E-state index contributed by atoms with van der Waals surface area (Å²) in [7, 11) is 0. The normalized spacial score (nSPS) is 9.94. The number of hydrogen-bond acceptors (Lipinski definition) is 4. The highest BCUT2D eigenvalue weighted by Gasteiger charge is 2.14. The van der Waals surface area contributed by atoms with Crippen LogP contribution in [0.15, 0.2) is 4.79 Å². The number of amides is 1. The van der Waals surface area contributed by atoms with Crippen molar-refractivity contribution in [2.24, 2.45) is 0 Å². The predicted molar refractivity (Wildman–Crippen MR) is 62.8 cm³/mol. The molecule has 1 aromatic rings. The van der Waals surface area contributed by atoms with Gasteiger partial charge in [0.25, 0.3) is 5.56 Å². The minimum atomic E-state index is -0.332. The van der Waals surface area contributed by atoms with Crippen LogP contribution in [0.3, 0.4) is 0 Å². The van der Waals surface area contributed by atoms with Gasteiger partial charge in [0, 0.05) is 13.1 Å². The predicted octanol–water partition coefficient (Wildman–Crippen LogP) is 0.493. The van der Waals surface area contributed by atoms with Crippen molar-refractivity contribution in [1.29, 1.82) is 0 Å². The summed E-state index contributed by atoms with van der Waals surface area (Å²) >= 11 is 0. The summed E-state index contributed by atoms with van der Waals surface area (Å²) < 4.78 is 0. The fourth-order valence-corrected chi connectivity index (χ4v) is 1.51. The molecule has 16 heavy (non-hydrogen) atoms. The van der Waals surface area contributed by atoms with Crippen LogP contribution >= 0.6 is 0 Å². The van der Waals surface area contributed by atoms with Gasteiger partial charge >= 0.3 is 0 Å². The van der Waals surface area contributed by atoms with Crippen LogP contribution in [0.25, 0.3) is 0 Å². The minimum absolute atomic E-state index is 0.198. The summed E-state index contributed by atoms with van der Waals surface area (Å²) in [5, 5.41) is 2.39. The van der Waals surface area contributed by atoms with Crippen LogP contribution in [0.2, 0.25) is 0 Å². The van der Waals surface area contributed by atoms with Crippen LogP contribution in [-0.2, 0) is 4.79 Å². The molecule has 6 nitrogen and oxygen atoms in total. The van der Waals surface area contributed by atoms with E-state index < -0.39 is 0 Å². The quantitative estimate of drug-likeness (QED) is 0.714. The first-order valence-electron chi connectivity index (χ1n) is 5.20. The van der Waals surface area contributed by atoms with E-state index in [1.54, 1.807) is 6.92 Å². The SMILES string of the molecule is CCN(CC)c1nc(C)[nH]c(=O)c1NC=O. The summed E-state index contributed by atoms with van der Waals surface area (Å²) in [5.74, 6) is 1.04. The Morgan fingerprint density at radius 3 is 2.56 bits per heavy atom. The van der Waals surface area contributed by atoms with Crippen molar-refractivity contribution in [1.82, 2.24) is 9.97 Å². The van der Waals surface area contributed by atoms with Crippen LogP contribution in [0.4, 0.5) is 11.5 Å². The zero-order chi connectivity index (χ0) is 12.1. The summed E-state index contributed by atoms with van der Waals surface area (Å²) in [5.41, 5.74) is -0.134. The highest BCUT2D eigenvalue weighted by atomic mass is 16.1. The van der Waals surface area contributed by atoms with Crippen molar-refractivity contribution in [2.45, 2.75) is 20.8 Å². The molecule has 0 bridgehead atoms. The van der Waals surface area contributed by atoms with Crippen molar-refractivity contribution in [3.8, 4) is 0 Å². The van der Waals surface area contributed by atoms with Crippen molar-refractivity contribution >= 4 is 17.9 Å². The molecule has 1 heterocycles. The first-order valence-corrected chi connectivity index (χ1v) is 5.20. The van der Waals surface area contributed by atoms with E-state index in [0.717, 1.165) is 13.1 Å². The maximum absolute atomic E-state index is 11.6. The van der Waals surface area contributed by atoms with Gasteiger partial charge in [-0.3, -0.25) is 9.59 Å². The van der Waals surface area contributed by atoms with Gasteiger partial charge in [-0.15, -0.1) is 0 Å². The first-order chi connectivity index (χ1) is 7.63. The lowest BCUT2D eigenvalue weighted by Gasteiger charge is -2.21. The van der Waals surface area contributed by atoms with Gasteiger partial charge in [0.05, 0.1) is 0 Å². The summed E-state index contributed by atoms with van der Waals surface area (Å²) in [4.78, 5) is 30.8. The van der Waals surface area contributed by atoms with E-state index in [0.29, 0.717) is 18.1 Å². The molecule has 0 radical (unpaired) electrons. The third-order valence-corrected chi connectivity index (χ3v) is 2.28. The third kappa shape index (κ3) is 2.39. The molecule has 0 saturated carbocycles. The number of nitrogens with zero attached hydrogens (tertiary/aromatic N) is 2. The average Bonchev–Trinajstić information content (AvgIpc) is 2.24. The molecule has 0 aliphatic carbocycles. The second-order valence-corrected chi connectivity index (χ2v) is 3.28. The molecular formula is C10H16N4O2. The molecule has 0 atom stereocenters. The van der Waals surface area contributed by atoms with E-state index in [1.165, 1.54) is 0 Å². The molecule has 0 aliphatic heterocycles. The lowest BCUT2D eigenvalue weighted by Crippen LogP contribution is -2.28. The number of rotatable bonds is 5. The molecule has 1 rings (SSSR count). The van der Waals surface area contributed by atoms with Gasteiger partial charge in [0.1, 0.15) is 11.5 Å². The molecule has 0 saturated heterocycles. The van der Waals surface area contributed by atoms with Crippen molar-refractivity contribution in [3.63, 3.8) is 0 Å². The Bertz CT molecular complexity index is 423. The molecule has 0 spiro atoms. The summed E-state index contributed by atoms with van der Waals surface area (Å²) in [6.07, 6.45) is 0.481. The lowest BCUT2D eigenvalue weighted by molar-refractivity contribution is -0.105. The number of nitrogens with one attached hydrogen (secondary N) is 2. The van der Waals surface area contributed by atoms with E-state index in [1.807, 2.05) is 18.7 Å². The first kappa shape index (κ1) is 12.2. The van der Waals surface area contributed by atoms with Gasteiger partial charge < -0.3 is 15.2 Å². The molecular weight excluding hydrogens is 208 g/mol. The number of aryl methyl sites for hydroxylation is 1. The Morgan fingerprint density at radius 2 is 2.06 bits per heavy atom.